The topological polar surface area (TPSA) is 66.5 Å². The van der Waals surface area contributed by atoms with Crippen molar-refractivity contribution < 1.29 is 13.2 Å². The molecular weight excluding hydrogens is 404 g/mol. The van der Waals surface area contributed by atoms with Crippen LogP contribution in [0, 0.1) is 0 Å². The van der Waals surface area contributed by atoms with Crippen LogP contribution in [0.15, 0.2) is 59.5 Å². The zero-order valence-corrected chi connectivity index (χ0v) is 18.3. The Morgan fingerprint density at radius 1 is 1.10 bits per heavy atom. The van der Waals surface area contributed by atoms with Crippen molar-refractivity contribution in [1.82, 2.24) is 9.62 Å². The average molecular weight is 433 g/mol. The number of nitrogens with zero attached hydrogens (tertiary/aromatic N) is 1. The third kappa shape index (κ3) is 5.84. The SMILES string of the molecule is C[C@H]1CCCCN1S(=O)(=O)c1ccc(C(=O)NCCSCc2ccccc2)cc1. The van der Waals surface area contributed by atoms with Crippen molar-refractivity contribution in [2.75, 3.05) is 18.8 Å². The van der Waals surface area contributed by atoms with Gasteiger partial charge in [0, 0.05) is 36.2 Å². The Hall–Kier alpha value is -1.83. The fourth-order valence-electron chi connectivity index (χ4n) is 3.45. The summed E-state index contributed by atoms with van der Waals surface area (Å²) in [5.41, 5.74) is 1.74. The lowest BCUT2D eigenvalue weighted by atomic mass is 10.1. The summed E-state index contributed by atoms with van der Waals surface area (Å²) in [6.07, 6.45) is 2.85. The number of hydrogen-bond donors (Lipinski definition) is 1. The maximum absolute atomic E-state index is 12.9. The number of nitrogens with one attached hydrogen (secondary N) is 1. The molecule has 2 aromatic carbocycles. The zero-order valence-electron chi connectivity index (χ0n) is 16.7. The molecule has 1 amide bonds. The highest BCUT2D eigenvalue weighted by molar-refractivity contribution is 7.98. The molecule has 1 atom stereocenters. The number of sulfonamides is 1. The van der Waals surface area contributed by atoms with Crippen LogP contribution in [0.5, 0.6) is 0 Å². The normalized spacial score (nSPS) is 17.8. The molecule has 0 spiro atoms. The van der Waals surface area contributed by atoms with Crippen LogP contribution >= 0.6 is 11.8 Å². The number of rotatable bonds is 8. The molecule has 0 aromatic heterocycles. The highest BCUT2D eigenvalue weighted by Gasteiger charge is 2.30. The summed E-state index contributed by atoms with van der Waals surface area (Å²) in [6.45, 7) is 3.09. The summed E-state index contributed by atoms with van der Waals surface area (Å²) in [5.74, 6) is 1.55. The van der Waals surface area contributed by atoms with Crippen LogP contribution < -0.4 is 5.32 Å². The van der Waals surface area contributed by atoms with Gasteiger partial charge in [0.2, 0.25) is 10.0 Å². The van der Waals surface area contributed by atoms with E-state index in [0.717, 1.165) is 30.8 Å². The number of amides is 1. The Labute approximate surface area is 177 Å². The van der Waals surface area contributed by atoms with E-state index in [1.807, 2.05) is 25.1 Å². The van der Waals surface area contributed by atoms with Crippen molar-refractivity contribution in [2.45, 2.75) is 42.9 Å². The van der Waals surface area contributed by atoms with Gasteiger partial charge < -0.3 is 5.32 Å². The van der Waals surface area contributed by atoms with Gasteiger partial charge in [0.25, 0.3) is 5.91 Å². The number of thioether (sulfide) groups is 1. The lowest BCUT2D eigenvalue weighted by Gasteiger charge is -2.32. The Kier molecular flexibility index (Phi) is 7.75. The van der Waals surface area contributed by atoms with Crippen molar-refractivity contribution in [2.24, 2.45) is 0 Å². The lowest BCUT2D eigenvalue weighted by molar-refractivity contribution is 0.0956. The molecule has 0 saturated carbocycles. The Bertz CT molecular complexity index is 899. The summed E-state index contributed by atoms with van der Waals surface area (Å²) >= 11 is 1.77. The quantitative estimate of drug-likeness (QED) is 0.642. The molecule has 1 saturated heterocycles. The van der Waals surface area contributed by atoms with Gasteiger partial charge in [0.15, 0.2) is 0 Å². The van der Waals surface area contributed by atoms with E-state index in [2.05, 4.69) is 17.4 Å². The van der Waals surface area contributed by atoms with Gasteiger partial charge in [-0.2, -0.15) is 16.1 Å². The second kappa shape index (κ2) is 10.3. The van der Waals surface area contributed by atoms with Crippen LogP contribution in [-0.4, -0.2) is 43.5 Å². The Balaban J connectivity index is 1.49. The summed E-state index contributed by atoms with van der Waals surface area (Å²) in [6, 6.07) is 16.5. The highest BCUT2D eigenvalue weighted by atomic mass is 32.2. The van der Waals surface area contributed by atoms with Gasteiger partial charge in [-0.05, 0) is 49.6 Å². The average Bonchev–Trinajstić information content (AvgIpc) is 2.74. The molecule has 0 unspecified atom stereocenters. The van der Waals surface area contributed by atoms with Crippen molar-refractivity contribution in [1.29, 1.82) is 0 Å². The largest absolute Gasteiger partial charge is 0.351 e. The first-order valence-corrected chi connectivity index (χ1v) is 12.6. The van der Waals surface area contributed by atoms with E-state index < -0.39 is 10.0 Å². The van der Waals surface area contributed by atoms with Crippen LogP contribution in [0.2, 0.25) is 0 Å². The molecule has 156 valence electrons. The van der Waals surface area contributed by atoms with E-state index in [1.165, 1.54) is 17.7 Å². The molecular formula is C22H28N2O3S2. The smallest absolute Gasteiger partial charge is 0.251 e. The predicted octanol–water partition coefficient (Wildman–Crippen LogP) is 3.91. The molecule has 1 aliphatic rings. The van der Waals surface area contributed by atoms with Crippen LogP contribution in [0.1, 0.15) is 42.1 Å². The predicted molar refractivity (Wildman–Crippen MR) is 119 cm³/mol. The van der Waals surface area contributed by atoms with E-state index in [9.17, 15) is 13.2 Å². The van der Waals surface area contributed by atoms with Gasteiger partial charge in [0.1, 0.15) is 0 Å². The molecule has 2 aromatic rings. The van der Waals surface area contributed by atoms with E-state index in [0.29, 0.717) is 18.7 Å². The maximum atomic E-state index is 12.9. The minimum atomic E-state index is -3.51. The molecule has 1 aliphatic heterocycles. The Morgan fingerprint density at radius 2 is 1.83 bits per heavy atom. The third-order valence-electron chi connectivity index (χ3n) is 5.11. The van der Waals surface area contributed by atoms with Gasteiger partial charge >= 0.3 is 0 Å². The lowest BCUT2D eigenvalue weighted by Crippen LogP contribution is -2.41. The van der Waals surface area contributed by atoms with Crippen LogP contribution in [0.3, 0.4) is 0 Å². The van der Waals surface area contributed by atoms with Crippen LogP contribution in [-0.2, 0) is 15.8 Å². The van der Waals surface area contributed by atoms with E-state index >= 15 is 0 Å². The van der Waals surface area contributed by atoms with Crippen molar-refractivity contribution in [3.05, 3.63) is 65.7 Å². The molecule has 0 aliphatic carbocycles. The van der Waals surface area contributed by atoms with Crippen molar-refractivity contribution in [3.63, 3.8) is 0 Å². The number of benzene rings is 2. The summed E-state index contributed by atoms with van der Waals surface area (Å²) in [7, 11) is -3.51. The third-order valence-corrected chi connectivity index (χ3v) is 8.17. The van der Waals surface area contributed by atoms with Gasteiger partial charge in [-0.25, -0.2) is 8.42 Å². The van der Waals surface area contributed by atoms with Crippen molar-refractivity contribution in [3.8, 4) is 0 Å². The fourth-order valence-corrected chi connectivity index (χ4v) is 5.96. The molecule has 29 heavy (non-hydrogen) atoms. The molecule has 3 rings (SSSR count). The monoisotopic (exact) mass is 432 g/mol. The van der Waals surface area contributed by atoms with E-state index in [1.54, 1.807) is 28.2 Å². The number of piperidine rings is 1. The maximum Gasteiger partial charge on any atom is 0.251 e. The van der Waals surface area contributed by atoms with Gasteiger partial charge in [-0.3, -0.25) is 4.79 Å². The van der Waals surface area contributed by atoms with Crippen molar-refractivity contribution >= 4 is 27.7 Å². The van der Waals surface area contributed by atoms with Crippen LogP contribution in [0.4, 0.5) is 0 Å². The minimum Gasteiger partial charge on any atom is -0.351 e. The number of hydrogen-bond acceptors (Lipinski definition) is 4. The highest BCUT2D eigenvalue weighted by Crippen LogP contribution is 2.25. The molecule has 1 heterocycles. The van der Waals surface area contributed by atoms with Gasteiger partial charge in [0.05, 0.1) is 4.90 Å². The van der Waals surface area contributed by atoms with E-state index in [4.69, 9.17) is 0 Å². The first-order chi connectivity index (χ1) is 14.0. The summed E-state index contributed by atoms with van der Waals surface area (Å²) in [4.78, 5) is 12.6. The number of carbonyl (C=O) groups is 1. The first-order valence-electron chi connectivity index (χ1n) is 10.0. The Morgan fingerprint density at radius 3 is 2.52 bits per heavy atom. The molecule has 0 radical (unpaired) electrons. The van der Waals surface area contributed by atoms with Crippen LogP contribution in [0.25, 0.3) is 0 Å². The van der Waals surface area contributed by atoms with Gasteiger partial charge in [-0.15, -0.1) is 0 Å². The number of carbonyl (C=O) groups excluding carboxylic acids is 1. The van der Waals surface area contributed by atoms with E-state index in [-0.39, 0.29) is 16.8 Å². The second-order valence-corrected chi connectivity index (χ2v) is 10.3. The molecule has 0 bridgehead atoms. The standard InChI is InChI=1S/C22H28N2O3S2/c1-18-7-5-6-15-24(18)29(26,27)21-12-10-20(11-13-21)22(25)23-14-16-28-17-19-8-3-2-4-9-19/h2-4,8-13,18H,5-7,14-17H2,1H3,(H,23,25)/t18-/m0/s1. The zero-order chi connectivity index (χ0) is 20.7. The minimum absolute atomic E-state index is 0.0186. The van der Waals surface area contributed by atoms with Gasteiger partial charge in [-0.1, -0.05) is 36.8 Å². The summed E-state index contributed by atoms with van der Waals surface area (Å²) in [5, 5.41) is 2.89. The summed E-state index contributed by atoms with van der Waals surface area (Å²) < 4.78 is 27.3. The molecule has 5 nitrogen and oxygen atoms in total. The fraction of sp³-hybridized carbons (Fsp3) is 0.409. The first kappa shape index (κ1) is 21.9. The molecule has 1 fully saturated rings. The molecule has 1 N–H and O–H groups in total. The molecule has 7 heteroatoms. The second-order valence-electron chi connectivity index (χ2n) is 7.28.